The summed E-state index contributed by atoms with van der Waals surface area (Å²) in [4.78, 5) is 0. The number of halogens is 8. The maximum absolute atomic E-state index is 12.1. The normalized spacial score (nSPS) is 40.6. The van der Waals surface area contributed by atoms with E-state index < -0.39 is 24.1 Å². The number of hydrogen-bond acceptors (Lipinski definition) is 1. The van der Waals surface area contributed by atoms with Crippen LogP contribution in [0.25, 0.3) is 0 Å². The first-order valence-electron chi connectivity index (χ1n) is 2.67. The summed E-state index contributed by atoms with van der Waals surface area (Å²) in [6.45, 7) is 0. The van der Waals surface area contributed by atoms with Gasteiger partial charge in [-0.3, -0.25) is 4.74 Å². The zero-order valence-electron chi connectivity index (χ0n) is 5.43. The lowest BCUT2D eigenvalue weighted by atomic mass is 10.2. The van der Waals surface area contributed by atoms with Gasteiger partial charge in [0.2, 0.25) is 0 Å². The van der Waals surface area contributed by atoms with Crippen molar-refractivity contribution in [3.05, 3.63) is 0 Å². The molecule has 0 saturated carbocycles. The van der Waals surface area contributed by atoms with Crippen LogP contribution in [0.4, 0.5) is 35.1 Å². The van der Waals surface area contributed by atoms with Crippen molar-refractivity contribution in [3.8, 4) is 0 Å². The molecular weight excluding hydrogens is 216 g/mol. The molecule has 9 heteroatoms. The molecule has 0 spiro atoms. The Labute approximate surface area is 65.3 Å². The van der Waals surface area contributed by atoms with Gasteiger partial charge in [0.25, 0.3) is 0 Å². The summed E-state index contributed by atoms with van der Waals surface area (Å²) in [5, 5.41) is 0. The van der Waals surface area contributed by atoms with Crippen LogP contribution in [-0.4, -0.2) is 24.1 Å². The smallest absolute Gasteiger partial charge is 0.284 e. The van der Waals surface area contributed by atoms with E-state index in [0.29, 0.717) is 0 Å². The summed E-state index contributed by atoms with van der Waals surface area (Å²) in [5.41, 5.74) is 0. The van der Waals surface area contributed by atoms with Gasteiger partial charge >= 0.3 is 24.1 Å². The minimum Gasteiger partial charge on any atom is -0.284 e. The van der Waals surface area contributed by atoms with Crippen molar-refractivity contribution in [1.29, 1.82) is 0 Å². The van der Waals surface area contributed by atoms with E-state index >= 15 is 0 Å². The minimum absolute atomic E-state index is 2.44. The average molecular weight is 216 g/mol. The molecule has 0 amide bonds. The van der Waals surface area contributed by atoms with Crippen LogP contribution >= 0.6 is 0 Å². The molecule has 13 heavy (non-hydrogen) atoms. The Kier molecular flexibility index (Phi) is 1.67. The molecule has 0 aromatic rings. The molecule has 0 aromatic heterocycles. The molecule has 0 radical (unpaired) electrons. The van der Waals surface area contributed by atoms with Crippen LogP contribution in [0, 0.1) is 0 Å². The Balaban J connectivity index is 2.95. The molecule has 78 valence electrons. The fourth-order valence-electron chi connectivity index (χ4n) is 0.649. The van der Waals surface area contributed by atoms with Crippen LogP contribution in [-0.2, 0) is 4.74 Å². The third kappa shape index (κ3) is 1.09. The van der Waals surface area contributed by atoms with Crippen LogP contribution in [0.5, 0.6) is 0 Å². The summed E-state index contributed by atoms with van der Waals surface area (Å²) in [5.74, 6) is -10.5. The molecule has 2 atom stereocenters. The summed E-state index contributed by atoms with van der Waals surface area (Å²) in [7, 11) is 0. The third-order valence-corrected chi connectivity index (χ3v) is 1.38. The van der Waals surface area contributed by atoms with Crippen LogP contribution in [0.15, 0.2) is 0 Å². The number of epoxide rings is 1. The molecule has 1 aliphatic rings. The SMILES string of the molecule is FC(F)(F)C1(F)OC1(F)C(F)(F)F. The molecule has 0 aliphatic carbocycles. The lowest BCUT2D eigenvalue weighted by molar-refractivity contribution is -0.258. The van der Waals surface area contributed by atoms with Crippen molar-refractivity contribution in [1.82, 2.24) is 0 Å². The zero-order valence-corrected chi connectivity index (χ0v) is 5.43. The van der Waals surface area contributed by atoms with Crippen molar-refractivity contribution in [2.45, 2.75) is 24.1 Å². The Morgan fingerprint density at radius 3 is 1.00 bits per heavy atom. The highest BCUT2D eigenvalue weighted by molar-refractivity contribution is 5.10. The van der Waals surface area contributed by atoms with Gasteiger partial charge in [0.1, 0.15) is 0 Å². The van der Waals surface area contributed by atoms with Gasteiger partial charge < -0.3 is 0 Å². The van der Waals surface area contributed by atoms with Crippen molar-refractivity contribution >= 4 is 0 Å². The van der Waals surface area contributed by atoms with Gasteiger partial charge in [-0.05, 0) is 0 Å². The maximum Gasteiger partial charge on any atom is 0.455 e. The van der Waals surface area contributed by atoms with Crippen molar-refractivity contribution in [3.63, 3.8) is 0 Å². The zero-order chi connectivity index (χ0) is 10.7. The monoisotopic (exact) mass is 216 g/mol. The van der Waals surface area contributed by atoms with Gasteiger partial charge in [0, 0.05) is 0 Å². The van der Waals surface area contributed by atoms with Gasteiger partial charge in [-0.25, -0.2) is 0 Å². The van der Waals surface area contributed by atoms with Gasteiger partial charge in [-0.1, -0.05) is 0 Å². The van der Waals surface area contributed by atoms with E-state index in [-0.39, 0.29) is 0 Å². The molecule has 1 nitrogen and oxygen atoms in total. The Bertz CT molecular complexity index is 205. The predicted octanol–water partition coefficient (Wildman–Crippen LogP) is 2.47. The highest BCUT2D eigenvalue weighted by Crippen LogP contribution is 2.65. The second kappa shape index (κ2) is 2.07. The standard InChI is InChI=1S/C4F8O/c5-1(3(7,8)9)2(6,13-1)4(10,11)12. The molecule has 1 heterocycles. The van der Waals surface area contributed by atoms with E-state index in [1.54, 1.807) is 0 Å². The van der Waals surface area contributed by atoms with Crippen LogP contribution < -0.4 is 0 Å². The number of alkyl halides is 8. The topological polar surface area (TPSA) is 12.5 Å². The quantitative estimate of drug-likeness (QED) is 0.447. The van der Waals surface area contributed by atoms with Crippen LogP contribution in [0.1, 0.15) is 0 Å². The Hall–Kier alpha value is -0.600. The van der Waals surface area contributed by atoms with E-state index in [2.05, 4.69) is 4.74 Å². The molecule has 2 unspecified atom stereocenters. The lowest BCUT2D eigenvalue weighted by Crippen LogP contribution is -2.42. The molecule has 1 saturated heterocycles. The lowest BCUT2D eigenvalue weighted by Gasteiger charge is -2.11. The number of ether oxygens (including phenoxy) is 1. The first kappa shape index (κ1) is 10.5. The van der Waals surface area contributed by atoms with E-state index in [4.69, 9.17) is 0 Å². The van der Waals surface area contributed by atoms with Gasteiger partial charge in [0.15, 0.2) is 0 Å². The number of hydrogen-bond donors (Lipinski definition) is 0. The molecule has 0 bridgehead atoms. The third-order valence-electron chi connectivity index (χ3n) is 1.38. The predicted molar refractivity (Wildman–Crippen MR) is 20.9 cm³/mol. The molecule has 0 aromatic carbocycles. The number of rotatable bonds is 0. The molecule has 1 rings (SSSR count). The van der Waals surface area contributed by atoms with E-state index in [0.717, 1.165) is 0 Å². The van der Waals surface area contributed by atoms with Crippen LogP contribution in [0.2, 0.25) is 0 Å². The van der Waals surface area contributed by atoms with E-state index in [1.165, 1.54) is 0 Å². The Morgan fingerprint density at radius 1 is 0.692 bits per heavy atom. The summed E-state index contributed by atoms with van der Waals surface area (Å²) in [6.07, 6.45) is -12.1. The molecule has 1 fully saturated rings. The van der Waals surface area contributed by atoms with Crippen molar-refractivity contribution < 1.29 is 39.9 Å². The van der Waals surface area contributed by atoms with Gasteiger partial charge in [-0.2, -0.15) is 35.1 Å². The van der Waals surface area contributed by atoms with Crippen molar-refractivity contribution in [2.75, 3.05) is 0 Å². The highest BCUT2D eigenvalue weighted by atomic mass is 19.4. The molecular formula is C4F8O. The summed E-state index contributed by atoms with van der Waals surface area (Å²) < 4.78 is 95.1. The first-order valence-corrected chi connectivity index (χ1v) is 2.67. The van der Waals surface area contributed by atoms with Gasteiger partial charge in [-0.15, -0.1) is 0 Å². The molecule has 0 N–H and O–H groups in total. The summed E-state index contributed by atoms with van der Waals surface area (Å²) >= 11 is 0. The fourth-order valence-corrected chi connectivity index (χ4v) is 0.649. The first-order chi connectivity index (χ1) is 5.46. The largest absolute Gasteiger partial charge is 0.455 e. The highest BCUT2D eigenvalue weighted by Gasteiger charge is 2.96. The Morgan fingerprint density at radius 2 is 0.923 bits per heavy atom. The fraction of sp³-hybridized carbons (Fsp3) is 1.00. The maximum atomic E-state index is 12.1. The second-order valence-electron chi connectivity index (χ2n) is 2.29. The second-order valence-corrected chi connectivity index (χ2v) is 2.29. The van der Waals surface area contributed by atoms with E-state index in [1.807, 2.05) is 0 Å². The molecule has 1 aliphatic heterocycles. The minimum atomic E-state index is -6.04. The van der Waals surface area contributed by atoms with Crippen molar-refractivity contribution in [2.24, 2.45) is 0 Å². The van der Waals surface area contributed by atoms with Crippen LogP contribution in [0.3, 0.4) is 0 Å². The van der Waals surface area contributed by atoms with E-state index in [9.17, 15) is 35.1 Å². The summed E-state index contributed by atoms with van der Waals surface area (Å²) in [6, 6.07) is 0. The van der Waals surface area contributed by atoms with Gasteiger partial charge in [0.05, 0.1) is 0 Å². The average Bonchev–Trinajstić information content (AvgIpc) is 2.34.